The summed E-state index contributed by atoms with van der Waals surface area (Å²) in [5.41, 5.74) is 0. The van der Waals surface area contributed by atoms with E-state index in [1.807, 2.05) is 6.92 Å². The van der Waals surface area contributed by atoms with E-state index in [0.717, 1.165) is 62.8 Å². The maximum atomic E-state index is 10.8. The molecular weight excluding hydrogens is 342 g/mol. The van der Waals surface area contributed by atoms with Crippen molar-refractivity contribution in [3.8, 4) is 0 Å². The molecule has 0 atom stereocenters. The van der Waals surface area contributed by atoms with Crippen LogP contribution in [0.4, 0.5) is 0 Å². The molecule has 0 aromatic carbocycles. The van der Waals surface area contributed by atoms with Crippen LogP contribution >= 0.6 is 0 Å². The largest absolute Gasteiger partial charge is 0.748 e. The van der Waals surface area contributed by atoms with Gasteiger partial charge in [-0.3, -0.25) is 0 Å². The molecule has 0 aliphatic rings. The predicted octanol–water partition coefficient (Wildman–Crippen LogP) is 2.78. The SMILES string of the molecule is CCCC[N+](CCCC)(CCCCS(=O)(=O)[O-])CCOCCOCC. The van der Waals surface area contributed by atoms with Crippen LogP contribution in [0, 0.1) is 0 Å². The fourth-order valence-corrected chi connectivity index (χ4v) is 3.56. The molecule has 0 saturated carbocycles. The molecule has 0 N–H and O–H groups in total. The second-order valence-electron chi connectivity index (χ2n) is 6.72. The second-order valence-corrected chi connectivity index (χ2v) is 8.24. The molecule has 152 valence electrons. The van der Waals surface area contributed by atoms with Crippen molar-refractivity contribution < 1.29 is 26.9 Å². The Bertz CT molecular complexity index is 392. The van der Waals surface area contributed by atoms with Crippen LogP contribution in [0.5, 0.6) is 0 Å². The normalized spacial score (nSPS) is 12.6. The lowest BCUT2D eigenvalue weighted by Gasteiger charge is -2.39. The highest BCUT2D eigenvalue weighted by Crippen LogP contribution is 2.15. The summed E-state index contributed by atoms with van der Waals surface area (Å²) in [6, 6.07) is 0. The molecule has 0 aliphatic heterocycles. The maximum absolute atomic E-state index is 10.8. The number of rotatable bonds is 18. The summed E-state index contributed by atoms with van der Waals surface area (Å²) < 4.78 is 44.4. The van der Waals surface area contributed by atoms with E-state index in [1.54, 1.807) is 0 Å². The van der Waals surface area contributed by atoms with E-state index >= 15 is 0 Å². The minimum atomic E-state index is -4.10. The van der Waals surface area contributed by atoms with Crippen LogP contribution in [0.25, 0.3) is 0 Å². The molecule has 25 heavy (non-hydrogen) atoms. The first-order chi connectivity index (χ1) is 11.9. The minimum Gasteiger partial charge on any atom is -0.748 e. The van der Waals surface area contributed by atoms with Crippen LogP contribution in [0.15, 0.2) is 0 Å². The summed E-state index contributed by atoms with van der Waals surface area (Å²) in [7, 11) is -4.10. The number of hydrogen-bond acceptors (Lipinski definition) is 5. The first-order valence-corrected chi connectivity index (χ1v) is 11.4. The lowest BCUT2D eigenvalue weighted by molar-refractivity contribution is -0.929. The summed E-state index contributed by atoms with van der Waals surface area (Å²) in [6.45, 7) is 13.0. The molecule has 0 fully saturated rings. The topological polar surface area (TPSA) is 75.7 Å². The van der Waals surface area contributed by atoms with Gasteiger partial charge in [-0.25, -0.2) is 8.42 Å². The Morgan fingerprint density at radius 1 is 0.760 bits per heavy atom. The van der Waals surface area contributed by atoms with Crippen molar-refractivity contribution >= 4 is 10.1 Å². The van der Waals surface area contributed by atoms with Crippen molar-refractivity contribution in [3.63, 3.8) is 0 Å². The molecule has 0 aromatic rings. The van der Waals surface area contributed by atoms with Crippen molar-refractivity contribution in [1.82, 2.24) is 0 Å². The summed E-state index contributed by atoms with van der Waals surface area (Å²) in [5, 5.41) is 0. The number of ether oxygens (including phenoxy) is 2. The zero-order valence-electron chi connectivity index (χ0n) is 16.5. The highest BCUT2D eigenvalue weighted by atomic mass is 32.2. The van der Waals surface area contributed by atoms with Crippen LogP contribution in [0.1, 0.15) is 59.3 Å². The first-order valence-electron chi connectivity index (χ1n) is 9.83. The molecule has 0 radical (unpaired) electrons. The van der Waals surface area contributed by atoms with E-state index in [1.165, 1.54) is 0 Å². The Balaban J connectivity index is 4.55. The monoisotopic (exact) mass is 381 g/mol. The van der Waals surface area contributed by atoms with Gasteiger partial charge in [0.15, 0.2) is 0 Å². The molecule has 0 saturated heterocycles. The molecule has 0 spiro atoms. The van der Waals surface area contributed by atoms with Crippen LogP contribution in [0.2, 0.25) is 0 Å². The molecule has 7 heteroatoms. The molecule has 0 heterocycles. The molecule has 0 amide bonds. The summed E-state index contributed by atoms with van der Waals surface area (Å²) >= 11 is 0. The van der Waals surface area contributed by atoms with Gasteiger partial charge in [0.1, 0.15) is 6.54 Å². The lowest BCUT2D eigenvalue weighted by atomic mass is 10.1. The fraction of sp³-hybridized carbons (Fsp3) is 1.00. The van der Waals surface area contributed by atoms with Crippen LogP contribution in [0.3, 0.4) is 0 Å². The smallest absolute Gasteiger partial charge is 0.102 e. The minimum absolute atomic E-state index is 0.251. The summed E-state index contributed by atoms with van der Waals surface area (Å²) in [5.74, 6) is -0.251. The quantitative estimate of drug-likeness (QED) is 0.207. The maximum Gasteiger partial charge on any atom is 0.102 e. The summed E-state index contributed by atoms with van der Waals surface area (Å²) in [6.07, 6.45) is 5.83. The Labute approximate surface area is 155 Å². The number of quaternary nitrogens is 1. The molecule has 0 rings (SSSR count). The van der Waals surface area contributed by atoms with Gasteiger partial charge in [-0.05, 0) is 32.6 Å². The van der Waals surface area contributed by atoms with E-state index in [4.69, 9.17) is 9.47 Å². The highest BCUT2D eigenvalue weighted by molar-refractivity contribution is 7.85. The number of nitrogens with zero attached hydrogens (tertiary/aromatic N) is 1. The van der Waals surface area contributed by atoms with E-state index in [2.05, 4.69) is 13.8 Å². The van der Waals surface area contributed by atoms with Crippen molar-refractivity contribution in [3.05, 3.63) is 0 Å². The molecule has 0 aliphatic carbocycles. The van der Waals surface area contributed by atoms with Crippen LogP contribution in [-0.4, -0.2) is 75.8 Å². The average molecular weight is 382 g/mol. The van der Waals surface area contributed by atoms with Gasteiger partial charge in [-0.1, -0.05) is 26.7 Å². The van der Waals surface area contributed by atoms with Gasteiger partial charge in [0, 0.05) is 12.4 Å². The highest BCUT2D eigenvalue weighted by Gasteiger charge is 2.25. The third-order valence-electron chi connectivity index (χ3n) is 4.53. The van der Waals surface area contributed by atoms with E-state index in [-0.39, 0.29) is 5.75 Å². The van der Waals surface area contributed by atoms with E-state index < -0.39 is 10.1 Å². The molecule has 0 unspecified atom stereocenters. The Kier molecular flexibility index (Phi) is 14.8. The van der Waals surface area contributed by atoms with Gasteiger partial charge in [0.25, 0.3) is 0 Å². The molecule has 6 nitrogen and oxygen atoms in total. The van der Waals surface area contributed by atoms with Crippen molar-refractivity contribution in [1.29, 1.82) is 0 Å². The fourth-order valence-electron chi connectivity index (χ4n) is 3.01. The zero-order chi connectivity index (χ0) is 19.0. The van der Waals surface area contributed by atoms with Gasteiger partial charge < -0.3 is 18.5 Å². The van der Waals surface area contributed by atoms with Crippen LogP contribution in [-0.2, 0) is 19.6 Å². The van der Waals surface area contributed by atoms with Crippen molar-refractivity contribution in [2.45, 2.75) is 59.3 Å². The van der Waals surface area contributed by atoms with Crippen molar-refractivity contribution in [2.75, 3.05) is 58.4 Å². The summed E-state index contributed by atoms with van der Waals surface area (Å²) in [4.78, 5) is 0. The molecule has 0 bridgehead atoms. The molecular formula is C18H39NO5S. The Morgan fingerprint density at radius 2 is 1.32 bits per heavy atom. The third-order valence-corrected chi connectivity index (χ3v) is 5.32. The van der Waals surface area contributed by atoms with E-state index in [0.29, 0.717) is 32.8 Å². The lowest BCUT2D eigenvalue weighted by Crippen LogP contribution is -2.52. The molecule has 0 aromatic heterocycles. The van der Waals surface area contributed by atoms with E-state index in [9.17, 15) is 13.0 Å². The van der Waals surface area contributed by atoms with Gasteiger partial charge in [0.05, 0.1) is 49.6 Å². The first kappa shape index (κ1) is 24.8. The van der Waals surface area contributed by atoms with Gasteiger partial charge in [-0.15, -0.1) is 0 Å². The van der Waals surface area contributed by atoms with Gasteiger partial charge in [0.2, 0.25) is 0 Å². The zero-order valence-corrected chi connectivity index (χ0v) is 17.3. The average Bonchev–Trinajstić information content (AvgIpc) is 2.57. The second kappa shape index (κ2) is 14.9. The van der Waals surface area contributed by atoms with Gasteiger partial charge in [-0.2, -0.15) is 0 Å². The Morgan fingerprint density at radius 3 is 1.84 bits per heavy atom. The number of hydrogen-bond donors (Lipinski definition) is 0. The number of unbranched alkanes of at least 4 members (excludes halogenated alkanes) is 3. The van der Waals surface area contributed by atoms with Gasteiger partial charge >= 0.3 is 0 Å². The Hall–Kier alpha value is -0.210. The van der Waals surface area contributed by atoms with Crippen LogP contribution < -0.4 is 0 Å². The van der Waals surface area contributed by atoms with Crippen molar-refractivity contribution in [2.24, 2.45) is 0 Å². The predicted molar refractivity (Wildman–Crippen MR) is 101 cm³/mol. The third kappa shape index (κ3) is 14.6. The standard InChI is InChI=1S/C18H39NO5S/c1-4-7-11-19(12-8-5-2,13-9-10-18-25(20,21)22)14-15-24-17-16-23-6-3/h4-18H2,1-3H3.